The number of anilines is 1. The summed E-state index contributed by atoms with van der Waals surface area (Å²) >= 11 is 0. The van der Waals surface area contributed by atoms with Crippen LogP contribution in [0.5, 0.6) is 5.75 Å². The molecule has 0 spiro atoms. The zero-order valence-electron chi connectivity index (χ0n) is 12.4. The molecule has 0 saturated heterocycles. The van der Waals surface area contributed by atoms with Crippen LogP contribution in [0.25, 0.3) is 21.8 Å². The second-order valence-electron chi connectivity index (χ2n) is 4.98. The van der Waals surface area contributed by atoms with Crippen molar-refractivity contribution in [1.82, 2.24) is 4.98 Å². The molecule has 3 rings (SSSR count). The molecule has 0 amide bonds. The van der Waals surface area contributed by atoms with Gasteiger partial charge in [0, 0.05) is 29.4 Å². The summed E-state index contributed by atoms with van der Waals surface area (Å²) in [5, 5.41) is 24.8. The SMILES string of the molecule is COc1ccc2nc3cc([N+](=O)[O-])ccc3c(NCCO)c2c1. The fourth-order valence-electron chi connectivity index (χ4n) is 2.52. The molecule has 0 radical (unpaired) electrons. The highest BCUT2D eigenvalue weighted by molar-refractivity contribution is 6.08. The minimum atomic E-state index is -0.444. The molecule has 7 nitrogen and oxygen atoms in total. The van der Waals surface area contributed by atoms with E-state index in [2.05, 4.69) is 10.3 Å². The molecule has 0 aliphatic heterocycles. The molecule has 3 aromatic rings. The normalized spacial score (nSPS) is 10.9. The van der Waals surface area contributed by atoms with Gasteiger partial charge in [0.2, 0.25) is 0 Å². The number of nitrogens with one attached hydrogen (secondary N) is 1. The van der Waals surface area contributed by atoms with E-state index in [-0.39, 0.29) is 12.3 Å². The molecule has 0 fully saturated rings. The number of nitrogens with zero attached hydrogens (tertiary/aromatic N) is 2. The van der Waals surface area contributed by atoms with E-state index in [1.54, 1.807) is 25.3 Å². The number of non-ortho nitro benzene ring substituents is 1. The summed E-state index contributed by atoms with van der Waals surface area (Å²) < 4.78 is 5.25. The molecule has 0 aliphatic rings. The number of ether oxygens (including phenoxy) is 1. The first-order chi connectivity index (χ1) is 11.1. The highest BCUT2D eigenvalue weighted by Crippen LogP contribution is 2.34. The van der Waals surface area contributed by atoms with Crippen molar-refractivity contribution in [3.8, 4) is 5.75 Å². The fraction of sp³-hybridized carbons (Fsp3) is 0.188. The van der Waals surface area contributed by atoms with Crippen molar-refractivity contribution in [3.63, 3.8) is 0 Å². The molecular formula is C16H15N3O4. The number of pyridine rings is 1. The molecule has 1 aromatic heterocycles. The number of benzene rings is 2. The summed E-state index contributed by atoms with van der Waals surface area (Å²) in [6.07, 6.45) is 0. The minimum Gasteiger partial charge on any atom is -0.497 e. The zero-order valence-corrected chi connectivity index (χ0v) is 12.4. The van der Waals surface area contributed by atoms with Gasteiger partial charge < -0.3 is 15.2 Å². The summed E-state index contributed by atoms with van der Waals surface area (Å²) in [6, 6.07) is 10.00. The maximum atomic E-state index is 11.0. The van der Waals surface area contributed by atoms with Crippen molar-refractivity contribution < 1.29 is 14.8 Å². The predicted octanol–water partition coefficient (Wildman–Crippen LogP) is 2.71. The number of hydrogen-bond donors (Lipinski definition) is 2. The van der Waals surface area contributed by atoms with E-state index >= 15 is 0 Å². The van der Waals surface area contributed by atoms with Crippen LogP contribution < -0.4 is 10.1 Å². The Labute approximate surface area is 131 Å². The minimum absolute atomic E-state index is 0.00836. The van der Waals surface area contributed by atoms with Gasteiger partial charge in [0.05, 0.1) is 35.4 Å². The van der Waals surface area contributed by atoms with Crippen LogP contribution in [0.2, 0.25) is 0 Å². The fourth-order valence-corrected chi connectivity index (χ4v) is 2.52. The van der Waals surface area contributed by atoms with Gasteiger partial charge >= 0.3 is 0 Å². The summed E-state index contributed by atoms with van der Waals surface area (Å²) in [6.45, 7) is 0.338. The van der Waals surface area contributed by atoms with Crippen LogP contribution >= 0.6 is 0 Å². The monoisotopic (exact) mass is 313 g/mol. The summed E-state index contributed by atoms with van der Waals surface area (Å²) in [5.41, 5.74) is 1.98. The van der Waals surface area contributed by atoms with E-state index in [4.69, 9.17) is 9.84 Å². The van der Waals surface area contributed by atoms with Gasteiger partial charge in [-0.05, 0) is 24.3 Å². The van der Waals surface area contributed by atoms with E-state index in [0.717, 1.165) is 16.5 Å². The highest BCUT2D eigenvalue weighted by Gasteiger charge is 2.13. The molecule has 7 heteroatoms. The lowest BCUT2D eigenvalue weighted by atomic mass is 10.1. The summed E-state index contributed by atoms with van der Waals surface area (Å²) in [7, 11) is 1.58. The maximum Gasteiger partial charge on any atom is 0.271 e. The molecule has 0 atom stereocenters. The lowest BCUT2D eigenvalue weighted by molar-refractivity contribution is -0.384. The molecule has 23 heavy (non-hydrogen) atoms. The third kappa shape index (κ3) is 2.74. The number of aromatic nitrogens is 1. The number of hydrogen-bond acceptors (Lipinski definition) is 6. The Hall–Kier alpha value is -2.93. The second-order valence-corrected chi connectivity index (χ2v) is 4.98. The summed E-state index contributed by atoms with van der Waals surface area (Å²) in [5.74, 6) is 0.688. The summed E-state index contributed by atoms with van der Waals surface area (Å²) in [4.78, 5) is 15.0. The molecule has 2 aromatic carbocycles. The molecule has 1 heterocycles. The molecule has 0 unspecified atom stereocenters. The Bertz CT molecular complexity index is 895. The van der Waals surface area contributed by atoms with E-state index in [0.29, 0.717) is 23.3 Å². The van der Waals surface area contributed by atoms with E-state index < -0.39 is 4.92 Å². The Kier molecular flexibility index (Phi) is 3.94. The Morgan fingerprint density at radius 3 is 2.74 bits per heavy atom. The van der Waals surface area contributed by atoms with Gasteiger partial charge in [-0.25, -0.2) is 4.98 Å². The van der Waals surface area contributed by atoms with Crippen molar-refractivity contribution in [1.29, 1.82) is 0 Å². The third-order valence-corrected chi connectivity index (χ3v) is 3.59. The van der Waals surface area contributed by atoms with Crippen molar-refractivity contribution in [2.45, 2.75) is 0 Å². The van der Waals surface area contributed by atoms with Gasteiger partial charge in [0.25, 0.3) is 5.69 Å². The number of nitro benzene ring substituents is 1. The van der Waals surface area contributed by atoms with E-state index in [1.165, 1.54) is 12.1 Å². The lowest BCUT2D eigenvalue weighted by Crippen LogP contribution is -2.07. The van der Waals surface area contributed by atoms with Crippen LogP contribution in [-0.4, -0.2) is 35.3 Å². The molecule has 2 N–H and O–H groups in total. The first-order valence-corrected chi connectivity index (χ1v) is 7.04. The van der Waals surface area contributed by atoms with E-state index in [1.807, 2.05) is 6.07 Å². The van der Waals surface area contributed by atoms with Gasteiger partial charge in [0.1, 0.15) is 5.75 Å². The van der Waals surface area contributed by atoms with Gasteiger partial charge in [-0.3, -0.25) is 10.1 Å². The molecule has 0 aliphatic carbocycles. The number of methoxy groups -OCH3 is 1. The topological polar surface area (TPSA) is 97.5 Å². The quantitative estimate of drug-likeness (QED) is 0.427. The van der Waals surface area contributed by atoms with Crippen molar-refractivity contribution >= 4 is 33.2 Å². The van der Waals surface area contributed by atoms with Crippen LogP contribution in [0, 0.1) is 10.1 Å². The number of rotatable bonds is 5. The number of aliphatic hydroxyl groups is 1. The molecule has 0 saturated carbocycles. The highest BCUT2D eigenvalue weighted by atomic mass is 16.6. The lowest BCUT2D eigenvalue weighted by Gasteiger charge is -2.13. The Morgan fingerprint density at radius 1 is 1.22 bits per heavy atom. The van der Waals surface area contributed by atoms with Crippen LogP contribution in [0.4, 0.5) is 11.4 Å². The van der Waals surface area contributed by atoms with E-state index in [9.17, 15) is 10.1 Å². The van der Waals surface area contributed by atoms with Gasteiger partial charge in [-0.2, -0.15) is 0 Å². The van der Waals surface area contributed by atoms with Crippen molar-refractivity contribution in [2.24, 2.45) is 0 Å². The van der Waals surface area contributed by atoms with Gasteiger partial charge in [-0.1, -0.05) is 0 Å². The largest absolute Gasteiger partial charge is 0.497 e. The number of aliphatic hydroxyl groups excluding tert-OH is 1. The smallest absolute Gasteiger partial charge is 0.271 e. The second kappa shape index (κ2) is 6.05. The Balaban J connectivity index is 2.32. The van der Waals surface area contributed by atoms with Crippen molar-refractivity contribution in [3.05, 3.63) is 46.5 Å². The average Bonchev–Trinajstić information content (AvgIpc) is 2.57. The number of fused-ring (bicyclic) bond motifs is 2. The van der Waals surface area contributed by atoms with Gasteiger partial charge in [-0.15, -0.1) is 0 Å². The van der Waals surface area contributed by atoms with Crippen LogP contribution in [0.3, 0.4) is 0 Å². The molecule has 0 bridgehead atoms. The third-order valence-electron chi connectivity index (χ3n) is 3.59. The Morgan fingerprint density at radius 2 is 2.04 bits per heavy atom. The predicted molar refractivity (Wildman–Crippen MR) is 88.0 cm³/mol. The zero-order chi connectivity index (χ0) is 16.4. The standard InChI is InChI=1S/C16H15N3O4/c1-23-11-3-5-14-13(9-11)16(17-6-7-20)12-4-2-10(19(21)22)8-15(12)18-14/h2-5,8-9,20H,6-7H2,1H3,(H,17,18). The average molecular weight is 313 g/mol. The van der Waals surface area contributed by atoms with Gasteiger partial charge in [0.15, 0.2) is 0 Å². The van der Waals surface area contributed by atoms with Crippen LogP contribution in [0.1, 0.15) is 0 Å². The number of nitro groups is 1. The molecule has 118 valence electrons. The van der Waals surface area contributed by atoms with Crippen molar-refractivity contribution in [2.75, 3.05) is 25.6 Å². The first kappa shape index (κ1) is 15.0. The molecular weight excluding hydrogens is 298 g/mol. The van der Waals surface area contributed by atoms with Crippen LogP contribution in [0.15, 0.2) is 36.4 Å². The van der Waals surface area contributed by atoms with Crippen LogP contribution in [-0.2, 0) is 0 Å². The maximum absolute atomic E-state index is 11.0. The first-order valence-electron chi connectivity index (χ1n) is 7.04.